The molecular formula is C12H19NO. The molecule has 0 aliphatic rings. The first-order valence-electron chi connectivity index (χ1n) is 4.93. The molecule has 0 aromatic heterocycles. The van der Waals surface area contributed by atoms with Gasteiger partial charge in [0.05, 0.1) is 0 Å². The average molecular weight is 193 g/mol. The summed E-state index contributed by atoms with van der Waals surface area (Å²) in [6.45, 7) is 8.07. The van der Waals surface area contributed by atoms with E-state index in [1.807, 2.05) is 52.0 Å². The van der Waals surface area contributed by atoms with Crippen molar-refractivity contribution in [1.82, 2.24) is 0 Å². The molecule has 14 heavy (non-hydrogen) atoms. The van der Waals surface area contributed by atoms with E-state index >= 15 is 0 Å². The van der Waals surface area contributed by atoms with Gasteiger partial charge >= 0.3 is 0 Å². The minimum Gasteiger partial charge on any atom is -0.488 e. The van der Waals surface area contributed by atoms with Crippen LogP contribution in [0.1, 0.15) is 39.3 Å². The molecule has 2 nitrogen and oxygen atoms in total. The van der Waals surface area contributed by atoms with E-state index in [2.05, 4.69) is 0 Å². The molecule has 1 aromatic carbocycles. The Labute approximate surface area is 86.1 Å². The topological polar surface area (TPSA) is 35.2 Å². The van der Waals surface area contributed by atoms with Crippen molar-refractivity contribution in [3.8, 4) is 5.75 Å². The van der Waals surface area contributed by atoms with Gasteiger partial charge in [-0.2, -0.15) is 0 Å². The molecule has 0 spiro atoms. The van der Waals surface area contributed by atoms with E-state index in [1.54, 1.807) is 0 Å². The molecule has 78 valence electrons. The summed E-state index contributed by atoms with van der Waals surface area (Å²) in [5.74, 6) is 0.891. The highest BCUT2D eigenvalue weighted by Gasteiger charge is 2.11. The molecule has 0 saturated carbocycles. The summed E-state index contributed by atoms with van der Waals surface area (Å²) in [6, 6.07) is 8.02. The second kappa shape index (κ2) is 4.01. The van der Waals surface area contributed by atoms with Crippen LogP contribution in [0.25, 0.3) is 0 Å². The summed E-state index contributed by atoms with van der Waals surface area (Å²) in [5.41, 5.74) is 6.74. The lowest BCUT2D eigenvalue weighted by molar-refractivity contribution is 0.131. The van der Waals surface area contributed by atoms with Crippen molar-refractivity contribution in [1.29, 1.82) is 0 Å². The number of ether oxygens (including phenoxy) is 1. The molecule has 0 fully saturated rings. The maximum absolute atomic E-state index is 5.75. The van der Waals surface area contributed by atoms with Crippen molar-refractivity contribution in [2.45, 2.75) is 39.3 Å². The van der Waals surface area contributed by atoms with E-state index < -0.39 is 0 Å². The molecular weight excluding hydrogens is 174 g/mol. The van der Waals surface area contributed by atoms with Crippen LogP contribution in [-0.4, -0.2) is 5.60 Å². The summed E-state index contributed by atoms with van der Waals surface area (Å²) in [4.78, 5) is 0. The van der Waals surface area contributed by atoms with E-state index in [0.29, 0.717) is 0 Å². The first kappa shape index (κ1) is 11.1. The third-order valence-corrected chi connectivity index (χ3v) is 1.83. The van der Waals surface area contributed by atoms with Gasteiger partial charge in [0.25, 0.3) is 0 Å². The fourth-order valence-corrected chi connectivity index (χ4v) is 1.19. The van der Waals surface area contributed by atoms with Gasteiger partial charge in [-0.1, -0.05) is 12.1 Å². The number of rotatable bonds is 2. The number of hydrogen-bond donors (Lipinski definition) is 1. The fraction of sp³-hybridized carbons (Fsp3) is 0.500. The maximum Gasteiger partial charge on any atom is 0.120 e. The zero-order valence-electron chi connectivity index (χ0n) is 9.37. The molecule has 2 N–H and O–H groups in total. The highest BCUT2D eigenvalue weighted by molar-refractivity contribution is 5.29. The lowest BCUT2D eigenvalue weighted by Crippen LogP contribution is -2.22. The maximum atomic E-state index is 5.75. The van der Waals surface area contributed by atoms with Crippen molar-refractivity contribution >= 4 is 0 Å². The number of hydrogen-bond acceptors (Lipinski definition) is 2. The normalized spacial score (nSPS) is 13.8. The molecule has 0 bridgehead atoms. The van der Waals surface area contributed by atoms with Crippen molar-refractivity contribution in [3.05, 3.63) is 29.8 Å². The predicted octanol–water partition coefficient (Wildman–Crippen LogP) is 2.88. The Morgan fingerprint density at radius 1 is 1.14 bits per heavy atom. The van der Waals surface area contributed by atoms with Crippen LogP contribution in [0.15, 0.2) is 24.3 Å². The van der Waals surface area contributed by atoms with E-state index in [-0.39, 0.29) is 11.6 Å². The van der Waals surface area contributed by atoms with Crippen molar-refractivity contribution < 1.29 is 4.74 Å². The summed E-state index contributed by atoms with van der Waals surface area (Å²) < 4.78 is 5.70. The van der Waals surface area contributed by atoms with Gasteiger partial charge < -0.3 is 10.5 Å². The van der Waals surface area contributed by atoms with Crippen LogP contribution in [-0.2, 0) is 0 Å². The zero-order valence-corrected chi connectivity index (χ0v) is 9.37. The van der Waals surface area contributed by atoms with Crippen LogP contribution >= 0.6 is 0 Å². The van der Waals surface area contributed by atoms with Gasteiger partial charge in [0.2, 0.25) is 0 Å². The summed E-state index contributed by atoms with van der Waals surface area (Å²) >= 11 is 0. The fourth-order valence-electron chi connectivity index (χ4n) is 1.19. The largest absolute Gasteiger partial charge is 0.488 e. The van der Waals surface area contributed by atoms with Gasteiger partial charge in [-0.15, -0.1) is 0 Å². The molecule has 0 radical (unpaired) electrons. The molecule has 1 atom stereocenters. The van der Waals surface area contributed by atoms with Crippen LogP contribution in [0.3, 0.4) is 0 Å². The Kier molecular flexibility index (Phi) is 3.17. The van der Waals surface area contributed by atoms with Crippen molar-refractivity contribution in [2.24, 2.45) is 5.73 Å². The van der Waals surface area contributed by atoms with Crippen LogP contribution in [0.5, 0.6) is 5.75 Å². The van der Waals surface area contributed by atoms with Gasteiger partial charge in [0.15, 0.2) is 0 Å². The Hall–Kier alpha value is -1.02. The molecule has 0 amide bonds. The highest BCUT2D eigenvalue weighted by Crippen LogP contribution is 2.20. The Balaban J connectivity index is 2.74. The Bertz CT molecular complexity index is 282. The van der Waals surface area contributed by atoms with E-state index in [4.69, 9.17) is 10.5 Å². The predicted molar refractivity (Wildman–Crippen MR) is 59.4 cm³/mol. The van der Waals surface area contributed by atoms with Crippen LogP contribution < -0.4 is 10.5 Å². The molecule has 1 aromatic rings. The number of benzene rings is 1. The minimum absolute atomic E-state index is 0.0821. The molecule has 2 heteroatoms. The standard InChI is InChI=1S/C12H19NO/c1-9(13)10-5-7-11(8-6-10)14-12(2,3)4/h5-9H,13H2,1-4H3. The lowest BCUT2D eigenvalue weighted by atomic mass is 10.1. The van der Waals surface area contributed by atoms with Gasteiger partial charge in [-0.05, 0) is 45.4 Å². The Morgan fingerprint density at radius 2 is 1.64 bits per heavy atom. The average Bonchev–Trinajstić information content (AvgIpc) is 2.02. The first-order valence-corrected chi connectivity index (χ1v) is 4.93. The van der Waals surface area contributed by atoms with Gasteiger partial charge in [0.1, 0.15) is 11.4 Å². The molecule has 0 heterocycles. The van der Waals surface area contributed by atoms with Crippen molar-refractivity contribution in [2.75, 3.05) is 0 Å². The summed E-state index contributed by atoms with van der Waals surface area (Å²) in [5, 5.41) is 0. The zero-order chi connectivity index (χ0) is 10.8. The van der Waals surface area contributed by atoms with Crippen LogP contribution in [0, 0.1) is 0 Å². The molecule has 0 saturated heterocycles. The van der Waals surface area contributed by atoms with Gasteiger partial charge in [-0.25, -0.2) is 0 Å². The quantitative estimate of drug-likeness (QED) is 0.783. The number of nitrogens with two attached hydrogens (primary N) is 1. The second-order valence-electron chi connectivity index (χ2n) is 4.57. The SMILES string of the molecule is CC(N)c1ccc(OC(C)(C)C)cc1. The molecule has 0 aliphatic heterocycles. The smallest absolute Gasteiger partial charge is 0.120 e. The summed E-state index contributed by atoms with van der Waals surface area (Å²) in [7, 11) is 0. The monoisotopic (exact) mass is 193 g/mol. The van der Waals surface area contributed by atoms with E-state index in [1.165, 1.54) is 0 Å². The highest BCUT2D eigenvalue weighted by atomic mass is 16.5. The van der Waals surface area contributed by atoms with Gasteiger partial charge in [-0.3, -0.25) is 0 Å². The Morgan fingerprint density at radius 3 is 2.00 bits per heavy atom. The van der Waals surface area contributed by atoms with E-state index in [9.17, 15) is 0 Å². The second-order valence-corrected chi connectivity index (χ2v) is 4.57. The molecule has 0 aliphatic carbocycles. The molecule has 1 rings (SSSR count). The first-order chi connectivity index (χ1) is 6.38. The third-order valence-electron chi connectivity index (χ3n) is 1.83. The third kappa shape index (κ3) is 3.38. The lowest BCUT2D eigenvalue weighted by Gasteiger charge is -2.21. The van der Waals surface area contributed by atoms with Crippen LogP contribution in [0.4, 0.5) is 0 Å². The van der Waals surface area contributed by atoms with Crippen molar-refractivity contribution in [3.63, 3.8) is 0 Å². The van der Waals surface area contributed by atoms with Gasteiger partial charge in [0, 0.05) is 6.04 Å². The van der Waals surface area contributed by atoms with Crippen LogP contribution in [0.2, 0.25) is 0 Å². The summed E-state index contributed by atoms with van der Waals surface area (Å²) in [6.07, 6.45) is 0. The van der Waals surface area contributed by atoms with E-state index in [0.717, 1.165) is 11.3 Å². The molecule has 1 unspecified atom stereocenters. The minimum atomic E-state index is -0.143.